The predicted octanol–water partition coefficient (Wildman–Crippen LogP) is 3.11. The van der Waals surface area contributed by atoms with E-state index in [9.17, 15) is 9.59 Å². The summed E-state index contributed by atoms with van der Waals surface area (Å²) in [4.78, 5) is 28.6. The van der Waals surface area contributed by atoms with Crippen LogP contribution in [-0.2, 0) is 16.0 Å². The molecular weight excluding hydrogens is 368 g/mol. The van der Waals surface area contributed by atoms with Gasteiger partial charge in [-0.25, -0.2) is 9.48 Å². The van der Waals surface area contributed by atoms with E-state index in [1.54, 1.807) is 4.90 Å². The third-order valence-corrected chi connectivity index (χ3v) is 5.05. The van der Waals surface area contributed by atoms with E-state index in [0.717, 1.165) is 22.6 Å². The molecule has 0 unspecified atom stereocenters. The van der Waals surface area contributed by atoms with Gasteiger partial charge in [0.1, 0.15) is 5.60 Å². The lowest BCUT2D eigenvalue weighted by Gasteiger charge is -2.35. The monoisotopic (exact) mass is 398 g/mol. The molecule has 1 saturated heterocycles. The fourth-order valence-corrected chi connectivity index (χ4v) is 3.48. The molecule has 3 rings (SSSR count). The molecule has 1 fully saturated rings. The van der Waals surface area contributed by atoms with Gasteiger partial charge in [0.15, 0.2) is 0 Å². The van der Waals surface area contributed by atoms with Gasteiger partial charge < -0.3 is 14.5 Å². The van der Waals surface area contributed by atoms with Crippen LogP contribution in [0.2, 0.25) is 0 Å². The molecule has 7 nitrogen and oxygen atoms in total. The number of carbonyl (C=O) groups excluding carboxylic acids is 2. The zero-order valence-electron chi connectivity index (χ0n) is 17.9. The van der Waals surface area contributed by atoms with E-state index in [4.69, 9.17) is 4.74 Å². The van der Waals surface area contributed by atoms with Gasteiger partial charge in [-0.05, 0) is 46.8 Å². The first-order valence-electron chi connectivity index (χ1n) is 10.0. The van der Waals surface area contributed by atoms with Gasteiger partial charge in [0.05, 0.1) is 17.8 Å². The van der Waals surface area contributed by atoms with Crippen LogP contribution in [0, 0.1) is 13.8 Å². The first kappa shape index (κ1) is 20.9. The average Bonchev–Trinajstić information content (AvgIpc) is 2.95. The summed E-state index contributed by atoms with van der Waals surface area (Å²) in [5.74, 6) is 0.0626. The minimum atomic E-state index is -0.516. The van der Waals surface area contributed by atoms with Gasteiger partial charge in [0.25, 0.3) is 0 Å². The number of ether oxygens (including phenoxy) is 1. The highest BCUT2D eigenvalue weighted by molar-refractivity contribution is 5.80. The fourth-order valence-electron chi connectivity index (χ4n) is 3.48. The standard InChI is InChI=1S/C22H30N4O3/c1-16-19(17(2)26(23-16)18-9-7-6-8-10-18)15-20(27)24-11-13-25(14-12-24)21(28)29-22(3,4)5/h6-10H,11-15H2,1-5H3. The maximum Gasteiger partial charge on any atom is 0.410 e. The van der Waals surface area contributed by atoms with Crippen LogP contribution in [-0.4, -0.2) is 63.4 Å². The van der Waals surface area contributed by atoms with Gasteiger partial charge in [0, 0.05) is 37.4 Å². The van der Waals surface area contributed by atoms with E-state index in [0.29, 0.717) is 32.6 Å². The zero-order valence-corrected chi connectivity index (χ0v) is 17.9. The molecule has 156 valence electrons. The van der Waals surface area contributed by atoms with Crippen molar-refractivity contribution in [3.8, 4) is 5.69 Å². The number of hydrogen-bond acceptors (Lipinski definition) is 4. The van der Waals surface area contributed by atoms with Crippen LogP contribution in [0.3, 0.4) is 0 Å². The van der Waals surface area contributed by atoms with Crippen molar-refractivity contribution in [1.29, 1.82) is 0 Å². The molecule has 0 spiro atoms. The van der Waals surface area contributed by atoms with Crippen LogP contribution in [0.4, 0.5) is 4.79 Å². The summed E-state index contributed by atoms with van der Waals surface area (Å²) in [5.41, 5.74) is 3.28. The average molecular weight is 399 g/mol. The number of para-hydroxylation sites is 1. The Labute approximate surface area is 172 Å². The van der Waals surface area contributed by atoms with Crippen molar-refractivity contribution in [3.63, 3.8) is 0 Å². The summed E-state index contributed by atoms with van der Waals surface area (Å²) in [6, 6.07) is 9.92. The Kier molecular flexibility index (Phi) is 5.96. The normalized spacial score (nSPS) is 14.8. The molecule has 0 atom stereocenters. The van der Waals surface area contributed by atoms with Crippen LogP contribution < -0.4 is 0 Å². The number of benzene rings is 1. The second kappa shape index (κ2) is 8.27. The van der Waals surface area contributed by atoms with Crippen molar-refractivity contribution in [2.24, 2.45) is 0 Å². The summed E-state index contributed by atoms with van der Waals surface area (Å²) < 4.78 is 7.30. The van der Waals surface area contributed by atoms with Crippen molar-refractivity contribution >= 4 is 12.0 Å². The molecule has 0 bridgehead atoms. The molecule has 0 radical (unpaired) electrons. The molecule has 0 aliphatic carbocycles. The summed E-state index contributed by atoms with van der Waals surface area (Å²) in [7, 11) is 0. The highest BCUT2D eigenvalue weighted by atomic mass is 16.6. The van der Waals surface area contributed by atoms with Crippen molar-refractivity contribution in [3.05, 3.63) is 47.3 Å². The lowest BCUT2D eigenvalue weighted by atomic mass is 10.1. The van der Waals surface area contributed by atoms with Gasteiger partial charge in [0.2, 0.25) is 5.91 Å². The summed E-state index contributed by atoms with van der Waals surface area (Å²) in [6.45, 7) is 11.5. The second-order valence-corrected chi connectivity index (χ2v) is 8.42. The maximum atomic E-state index is 12.9. The number of piperazine rings is 1. The van der Waals surface area contributed by atoms with Crippen LogP contribution in [0.15, 0.2) is 30.3 Å². The minimum Gasteiger partial charge on any atom is -0.444 e. The second-order valence-electron chi connectivity index (χ2n) is 8.42. The first-order valence-corrected chi connectivity index (χ1v) is 10.0. The van der Waals surface area contributed by atoms with Gasteiger partial charge in [-0.3, -0.25) is 4.79 Å². The molecule has 1 aliphatic heterocycles. The third kappa shape index (κ3) is 4.96. The van der Waals surface area contributed by atoms with Crippen LogP contribution in [0.1, 0.15) is 37.7 Å². The van der Waals surface area contributed by atoms with E-state index in [2.05, 4.69) is 5.10 Å². The van der Waals surface area contributed by atoms with Gasteiger partial charge >= 0.3 is 6.09 Å². The molecule has 1 aromatic carbocycles. The molecule has 2 aromatic rings. The molecule has 1 aliphatic rings. The third-order valence-electron chi connectivity index (χ3n) is 5.05. The lowest BCUT2D eigenvalue weighted by Crippen LogP contribution is -2.52. The Bertz CT molecular complexity index is 875. The Balaban J connectivity index is 1.62. The number of aromatic nitrogens is 2. The number of hydrogen-bond donors (Lipinski definition) is 0. The number of aryl methyl sites for hydroxylation is 1. The summed E-state index contributed by atoms with van der Waals surface area (Å²) in [6.07, 6.45) is -0.00264. The molecule has 0 N–H and O–H groups in total. The van der Waals surface area contributed by atoms with E-state index >= 15 is 0 Å². The molecule has 2 heterocycles. The van der Waals surface area contributed by atoms with Crippen molar-refractivity contribution in [2.75, 3.05) is 26.2 Å². The first-order chi connectivity index (χ1) is 13.7. The highest BCUT2D eigenvalue weighted by Gasteiger charge is 2.28. The zero-order chi connectivity index (χ0) is 21.2. The van der Waals surface area contributed by atoms with Crippen molar-refractivity contribution in [2.45, 2.75) is 46.6 Å². The van der Waals surface area contributed by atoms with Crippen molar-refractivity contribution in [1.82, 2.24) is 19.6 Å². The van der Waals surface area contributed by atoms with Gasteiger partial charge in [-0.1, -0.05) is 18.2 Å². The number of rotatable bonds is 3. The molecular formula is C22H30N4O3. The molecule has 7 heteroatoms. The number of nitrogens with zero attached hydrogens (tertiary/aromatic N) is 4. The topological polar surface area (TPSA) is 67.7 Å². The smallest absolute Gasteiger partial charge is 0.410 e. The molecule has 1 aromatic heterocycles. The van der Waals surface area contributed by atoms with Gasteiger partial charge in [-0.15, -0.1) is 0 Å². The van der Waals surface area contributed by atoms with E-state index in [1.165, 1.54) is 0 Å². The lowest BCUT2D eigenvalue weighted by molar-refractivity contribution is -0.132. The summed E-state index contributed by atoms with van der Waals surface area (Å²) >= 11 is 0. The Morgan fingerprint density at radius 3 is 2.17 bits per heavy atom. The minimum absolute atomic E-state index is 0.0626. The van der Waals surface area contributed by atoms with E-state index in [-0.39, 0.29) is 12.0 Å². The Hall–Kier alpha value is -2.83. The highest BCUT2D eigenvalue weighted by Crippen LogP contribution is 2.20. The van der Waals surface area contributed by atoms with E-state index < -0.39 is 5.60 Å². The molecule has 0 saturated carbocycles. The number of carbonyl (C=O) groups is 2. The Morgan fingerprint density at radius 1 is 1.00 bits per heavy atom. The Morgan fingerprint density at radius 2 is 1.59 bits per heavy atom. The van der Waals surface area contributed by atoms with Crippen molar-refractivity contribution < 1.29 is 14.3 Å². The molecule has 29 heavy (non-hydrogen) atoms. The van der Waals surface area contributed by atoms with Crippen LogP contribution >= 0.6 is 0 Å². The maximum absolute atomic E-state index is 12.9. The summed E-state index contributed by atoms with van der Waals surface area (Å²) in [5, 5.41) is 4.62. The van der Waals surface area contributed by atoms with E-state index in [1.807, 2.05) is 74.5 Å². The fraction of sp³-hybridized carbons (Fsp3) is 0.500. The molecule has 2 amide bonds. The van der Waals surface area contributed by atoms with Crippen LogP contribution in [0.5, 0.6) is 0 Å². The number of amides is 2. The SMILES string of the molecule is Cc1nn(-c2ccccc2)c(C)c1CC(=O)N1CCN(C(=O)OC(C)(C)C)CC1. The quantitative estimate of drug-likeness (QED) is 0.797. The predicted molar refractivity (Wildman–Crippen MR) is 111 cm³/mol. The van der Waals surface area contributed by atoms with Gasteiger partial charge in [-0.2, -0.15) is 5.10 Å². The van der Waals surface area contributed by atoms with Crippen LogP contribution in [0.25, 0.3) is 5.69 Å². The largest absolute Gasteiger partial charge is 0.444 e.